The van der Waals surface area contributed by atoms with E-state index in [1.165, 1.54) is 34.7 Å². The standard InChI is InChI=1S/C27H26N3O3S2/c1-17(2)16-29-26-23(25(31)28(3)27(29)32)24(35-22-13-6-7-14-30(22)33)21(34-26)15-19-11-8-10-18-9-4-5-12-20(18)19/h4-14,17,33H,15-16H2,1-3H3/q+1. The molecule has 0 amide bonds. The van der Waals surface area contributed by atoms with Gasteiger partial charge in [-0.25, -0.2) is 4.79 Å². The third-order valence-electron chi connectivity index (χ3n) is 5.98. The Hall–Kier alpha value is -3.36. The van der Waals surface area contributed by atoms with Gasteiger partial charge in [0.1, 0.15) is 4.83 Å². The molecule has 0 spiro atoms. The molecular weight excluding hydrogens is 478 g/mol. The van der Waals surface area contributed by atoms with E-state index in [2.05, 4.69) is 38.1 Å². The van der Waals surface area contributed by atoms with E-state index in [4.69, 9.17) is 0 Å². The number of rotatable bonds is 6. The highest BCUT2D eigenvalue weighted by Gasteiger charge is 2.25. The van der Waals surface area contributed by atoms with Crippen molar-refractivity contribution in [2.24, 2.45) is 13.0 Å². The van der Waals surface area contributed by atoms with Crippen LogP contribution in [0.1, 0.15) is 24.3 Å². The molecule has 0 atom stereocenters. The molecule has 0 radical (unpaired) electrons. The van der Waals surface area contributed by atoms with Crippen LogP contribution >= 0.6 is 23.1 Å². The molecule has 0 aliphatic rings. The fourth-order valence-corrected chi connectivity index (χ4v) is 6.83. The molecular formula is C27H26N3O3S2+. The molecule has 35 heavy (non-hydrogen) atoms. The van der Waals surface area contributed by atoms with Gasteiger partial charge in [0.2, 0.25) is 6.20 Å². The molecule has 178 valence electrons. The van der Waals surface area contributed by atoms with E-state index in [9.17, 15) is 14.8 Å². The van der Waals surface area contributed by atoms with Crippen molar-refractivity contribution in [2.75, 3.05) is 0 Å². The molecule has 3 aromatic heterocycles. The minimum Gasteiger partial charge on any atom is -0.284 e. The fourth-order valence-electron chi connectivity index (χ4n) is 4.33. The van der Waals surface area contributed by atoms with Gasteiger partial charge in [-0.1, -0.05) is 56.3 Å². The third kappa shape index (κ3) is 4.28. The van der Waals surface area contributed by atoms with Crippen molar-refractivity contribution in [3.63, 3.8) is 0 Å². The van der Waals surface area contributed by atoms with Crippen molar-refractivity contribution < 1.29 is 9.94 Å². The number of thiophene rings is 1. The van der Waals surface area contributed by atoms with Gasteiger partial charge >= 0.3 is 5.69 Å². The Morgan fingerprint density at radius 3 is 2.54 bits per heavy atom. The number of hydrogen-bond acceptors (Lipinski definition) is 5. The molecule has 0 saturated heterocycles. The predicted molar refractivity (Wildman–Crippen MR) is 141 cm³/mol. The Balaban J connectivity index is 1.79. The minimum absolute atomic E-state index is 0.238. The van der Waals surface area contributed by atoms with E-state index < -0.39 is 0 Å². The van der Waals surface area contributed by atoms with Crippen LogP contribution in [0.3, 0.4) is 0 Å². The molecule has 0 aliphatic carbocycles. The van der Waals surface area contributed by atoms with E-state index in [0.717, 1.165) is 30.8 Å². The van der Waals surface area contributed by atoms with E-state index >= 15 is 0 Å². The number of fused-ring (bicyclic) bond motifs is 2. The summed E-state index contributed by atoms with van der Waals surface area (Å²) in [6, 6.07) is 19.9. The van der Waals surface area contributed by atoms with E-state index in [0.29, 0.717) is 28.2 Å². The van der Waals surface area contributed by atoms with Crippen LogP contribution in [0.2, 0.25) is 0 Å². The lowest BCUT2D eigenvalue weighted by Gasteiger charge is -2.11. The zero-order valence-electron chi connectivity index (χ0n) is 19.8. The molecule has 8 heteroatoms. The average molecular weight is 505 g/mol. The Kier molecular flexibility index (Phi) is 6.25. The maximum absolute atomic E-state index is 13.4. The SMILES string of the molecule is CC(C)Cn1c(=O)n(C)c(=O)c2c(Sc3cccc[n+]3O)c(Cc3cccc4ccccc34)sc21. The summed E-state index contributed by atoms with van der Waals surface area (Å²) in [5.74, 6) is 0.238. The third-order valence-corrected chi connectivity index (χ3v) is 8.51. The highest BCUT2D eigenvalue weighted by Crippen LogP contribution is 2.40. The number of nitrogens with zero attached hydrogens (tertiary/aromatic N) is 3. The first-order chi connectivity index (χ1) is 16.8. The summed E-state index contributed by atoms with van der Waals surface area (Å²) >= 11 is 2.85. The van der Waals surface area contributed by atoms with Crippen LogP contribution in [0.4, 0.5) is 0 Å². The maximum atomic E-state index is 13.4. The fraction of sp³-hybridized carbons (Fsp3) is 0.222. The van der Waals surface area contributed by atoms with Gasteiger partial charge in [-0.05, 0) is 40.1 Å². The van der Waals surface area contributed by atoms with Crippen LogP contribution in [0.15, 0.2) is 86.4 Å². The number of hydrogen-bond donors (Lipinski definition) is 1. The summed E-state index contributed by atoms with van der Waals surface area (Å²) in [6.07, 6.45) is 2.17. The zero-order chi connectivity index (χ0) is 24.7. The number of benzene rings is 2. The van der Waals surface area contributed by atoms with Crippen molar-refractivity contribution in [1.29, 1.82) is 0 Å². The molecule has 3 heterocycles. The molecule has 2 aromatic carbocycles. The van der Waals surface area contributed by atoms with Crippen LogP contribution < -0.4 is 16.0 Å². The van der Waals surface area contributed by atoms with Gasteiger partial charge in [-0.3, -0.25) is 19.1 Å². The first-order valence-corrected chi connectivity index (χ1v) is 13.1. The summed E-state index contributed by atoms with van der Waals surface area (Å²) in [6.45, 7) is 4.64. The van der Waals surface area contributed by atoms with Gasteiger partial charge in [-0.15, -0.1) is 11.3 Å². The number of pyridine rings is 1. The van der Waals surface area contributed by atoms with Crippen molar-refractivity contribution in [3.8, 4) is 0 Å². The molecule has 1 N–H and O–H groups in total. The molecule has 0 unspecified atom stereocenters. The highest BCUT2D eigenvalue weighted by molar-refractivity contribution is 7.99. The van der Waals surface area contributed by atoms with Gasteiger partial charge in [0.25, 0.3) is 10.6 Å². The van der Waals surface area contributed by atoms with Gasteiger partial charge in [0.05, 0.1) is 5.39 Å². The van der Waals surface area contributed by atoms with E-state index in [-0.39, 0.29) is 17.2 Å². The molecule has 0 aliphatic heterocycles. The second-order valence-corrected chi connectivity index (χ2v) is 11.1. The zero-order valence-corrected chi connectivity index (χ0v) is 21.4. The maximum Gasteiger partial charge on any atom is 0.331 e. The van der Waals surface area contributed by atoms with Crippen LogP contribution in [0.25, 0.3) is 21.0 Å². The summed E-state index contributed by atoms with van der Waals surface area (Å²) in [5, 5.41) is 13.8. The van der Waals surface area contributed by atoms with E-state index in [1.54, 1.807) is 16.8 Å². The quantitative estimate of drug-likeness (QED) is 0.266. The summed E-state index contributed by atoms with van der Waals surface area (Å²) in [7, 11) is 1.53. The van der Waals surface area contributed by atoms with Crippen molar-refractivity contribution >= 4 is 44.1 Å². The number of aromatic nitrogens is 3. The van der Waals surface area contributed by atoms with Gasteiger partial charge < -0.3 is 0 Å². The average Bonchev–Trinajstić information content (AvgIpc) is 3.19. The second kappa shape index (κ2) is 9.36. The molecule has 0 bridgehead atoms. The van der Waals surface area contributed by atoms with Crippen LogP contribution in [0.5, 0.6) is 0 Å². The summed E-state index contributed by atoms with van der Waals surface area (Å²) < 4.78 is 3.98. The van der Waals surface area contributed by atoms with Crippen LogP contribution in [-0.4, -0.2) is 14.3 Å². The first-order valence-electron chi connectivity index (χ1n) is 11.4. The largest absolute Gasteiger partial charge is 0.331 e. The second-order valence-electron chi connectivity index (χ2n) is 8.99. The monoisotopic (exact) mass is 504 g/mol. The Bertz CT molecular complexity index is 1680. The topological polar surface area (TPSA) is 68.1 Å². The van der Waals surface area contributed by atoms with Crippen molar-refractivity contribution in [1.82, 2.24) is 9.13 Å². The lowest BCUT2D eigenvalue weighted by molar-refractivity contribution is -0.932. The molecule has 5 rings (SSSR count). The van der Waals surface area contributed by atoms with Gasteiger partial charge in [0, 0.05) is 46.6 Å². The smallest absolute Gasteiger partial charge is 0.284 e. The predicted octanol–water partition coefficient (Wildman–Crippen LogP) is 4.84. The lowest BCUT2D eigenvalue weighted by Crippen LogP contribution is -2.38. The minimum atomic E-state index is -0.312. The van der Waals surface area contributed by atoms with Crippen molar-refractivity contribution in [2.45, 2.75) is 36.7 Å². The summed E-state index contributed by atoms with van der Waals surface area (Å²) in [5.41, 5.74) is 0.534. The lowest BCUT2D eigenvalue weighted by atomic mass is 10.0. The Morgan fingerprint density at radius 2 is 1.77 bits per heavy atom. The van der Waals surface area contributed by atoms with Crippen molar-refractivity contribution in [3.05, 3.63) is 98.1 Å². The van der Waals surface area contributed by atoms with Crippen LogP contribution in [-0.2, 0) is 20.0 Å². The normalized spacial score (nSPS) is 11.7. The Labute approximate surface area is 210 Å². The summed E-state index contributed by atoms with van der Waals surface area (Å²) in [4.78, 5) is 29.0. The van der Waals surface area contributed by atoms with Crippen LogP contribution in [0, 0.1) is 5.92 Å². The molecule has 6 nitrogen and oxygen atoms in total. The molecule has 5 aromatic rings. The van der Waals surface area contributed by atoms with Gasteiger partial charge in [-0.2, -0.15) is 0 Å². The highest BCUT2D eigenvalue weighted by atomic mass is 32.2. The first kappa shape index (κ1) is 23.4. The molecule has 0 saturated carbocycles. The Morgan fingerprint density at radius 1 is 1.03 bits per heavy atom. The van der Waals surface area contributed by atoms with Gasteiger partial charge in [0.15, 0.2) is 0 Å². The molecule has 0 fully saturated rings. The van der Waals surface area contributed by atoms with E-state index in [1.807, 2.05) is 30.3 Å².